The molecular formula is C35H40O6. The molecular weight excluding hydrogens is 516 g/mol. The van der Waals surface area contributed by atoms with E-state index in [0.717, 1.165) is 40.7 Å². The molecule has 4 aromatic carbocycles. The van der Waals surface area contributed by atoms with Crippen molar-refractivity contribution in [3.63, 3.8) is 0 Å². The Hall–Kier alpha value is -4.00. The molecule has 0 saturated carbocycles. The summed E-state index contributed by atoms with van der Waals surface area (Å²) in [6.45, 7) is 3.45. The van der Waals surface area contributed by atoms with Gasteiger partial charge in [0.25, 0.3) is 0 Å². The van der Waals surface area contributed by atoms with E-state index in [1.807, 2.05) is 25.1 Å². The largest absolute Gasteiger partial charge is 0.492 e. The highest BCUT2D eigenvalue weighted by Gasteiger charge is 2.37. The van der Waals surface area contributed by atoms with Crippen molar-refractivity contribution in [3.8, 4) is 23.0 Å². The van der Waals surface area contributed by atoms with Gasteiger partial charge in [-0.25, -0.2) is 0 Å². The summed E-state index contributed by atoms with van der Waals surface area (Å²) in [4.78, 5) is 0. The molecule has 0 aliphatic rings. The Morgan fingerprint density at radius 1 is 0.512 bits per heavy atom. The first-order valence-electron chi connectivity index (χ1n) is 13.9. The van der Waals surface area contributed by atoms with E-state index in [1.54, 1.807) is 28.4 Å². The molecule has 0 radical (unpaired) electrons. The van der Waals surface area contributed by atoms with Crippen molar-refractivity contribution in [1.29, 1.82) is 0 Å². The lowest BCUT2D eigenvalue weighted by Gasteiger charge is -2.36. The van der Waals surface area contributed by atoms with Crippen LogP contribution in [0.4, 0.5) is 0 Å². The molecule has 0 heterocycles. The predicted molar refractivity (Wildman–Crippen MR) is 162 cm³/mol. The van der Waals surface area contributed by atoms with E-state index in [1.165, 1.54) is 0 Å². The van der Waals surface area contributed by atoms with Gasteiger partial charge in [-0.2, -0.15) is 0 Å². The highest BCUT2D eigenvalue weighted by molar-refractivity contribution is 5.67. The van der Waals surface area contributed by atoms with Crippen LogP contribution >= 0.6 is 0 Å². The second-order valence-corrected chi connectivity index (χ2v) is 9.58. The van der Waals surface area contributed by atoms with Crippen molar-refractivity contribution < 1.29 is 28.4 Å². The van der Waals surface area contributed by atoms with Crippen molar-refractivity contribution in [2.24, 2.45) is 0 Å². The fourth-order valence-corrected chi connectivity index (χ4v) is 5.43. The highest BCUT2D eigenvalue weighted by Crippen LogP contribution is 2.49. The van der Waals surface area contributed by atoms with E-state index < -0.39 is 5.60 Å². The molecule has 0 N–H and O–H groups in total. The van der Waals surface area contributed by atoms with Crippen LogP contribution in [0.5, 0.6) is 23.0 Å². The molecule has 0 amide bonds. The fraction of sp³-hybridized carbons (Fsp3) is 0.314. The van der Waals surface area contributed by atoms with Crippen LogP contribution in [0.25, 0.3) is 0 Å². The Labute approximate surface area is 243 Å². The summed E-state index contributed by atoms with van der Waals surface area (Å²) in [6, 6.07) is 31.1. The molecule has 216 valence electrons. The lowest BCUT2D eigenvalue weighted by Crippen LogP contribution is -2.34. The van der Waals surface area contributed by atoms with Crippen molar-refractivity contribution in [3.05, 3.63) is 119 Å². The number of rotatable bonds is 15. The first-order valence-corrected chi connectivity index (χ1v) is 13.9. The average molecular weight is 557 g/mol. The number of ether oxygens (including phenoxy) is 6. The number of benzene rings is 4. The van der Waals surface area contributed by atoms with Crippen LogP contribution in [-0.2, 0) is 21.5 Å². The maximum absolute atomic E-state index is 6.80. The van der Waals surface area contributed by atoms with Crippen LogP contribution < -0.4 is 18.9 Å². The molecule has 0 unspecified atom stereocenters. The molecule has 0 aromatic heterocycles. The first kappa shape index (κ1) is 30.0. The summed E-state index contributed by atoms with van der Waals surface area (Å²) in [5.41, 5.74) is 4.43. The standard InChI is InChI=1S/C35H40O6/c1-26-30(32(37-3)34(39-5)33(38-4)31(26)36-2)22-15-23-40-24-25-41-35(27-16-9-6-10-17-27,28-18-11-7-12-19-28)29-20-13-8-14-21-29/h6-14,16-21H,15,22-25H2,1-5H3. The molecule has 0 fully saturated rings. The van der Waals surface area contributed by atoms with Gasteiger partial charge >= 0.3 is 0 Å². The van der Waals surface area contributed by atoms with Crippen LogP contribution in [-0.4, -0.2) is 48.3 Å². The zero-order valence-corrected chi connectivity index (χ0v) is 24.6. The minimum atomic E-state index is -0.756. The monoisotopic (exact) mass is 556 g/mol. The lowest BCUT2D eigenvalue weighted by molar-refractivity contribution is -0.0240. The molecule has 0 bridgehead atoms. The third kappa shape index (κ3) is 6.34. The summed E-state index contributed by atoms with van der Waals surface area (Å²) in [5, 5.41) is 0. The zero-order chi connectivity index (χ0) is 29.1. The summed E-state index contributed by atoms with van der Waals surface area (Å²) >= 11 is 0. The first-order chi connectivity index (χ1) is 20.1. The second-order valence-electron chi connectivity index (χ2n) is 9.58. The summed E-state index contributed by atoms with van der Waals surface area (Å²) in [5.74, 6) is 2.36. The van der Waals surface area contributed by atoms with Crippen LogP contribution in [0.2, 0.25) is 0 Å². The van der Waals surface area contributed by atoms with E-state index in [2.05, 4.69) is 72.8 Å². The van der Waals surface area contributed by atoms with Crippen LogP contribution in [0.1, 0.15) is 34.2 Å². The van der Waals surface area contributed by atoms with Crippen molar-refractivity contribution in [2.45, 2.75) is 25.4 Å². The van der Waals surface area contributed by atoms with E-state index in [-0.39, 0.29) is 0 Å². The van der Waals surface area contributed by atoms with Gasteiger partial charge in [0.2, 0.25) is 11.5 Å². The van der Waals surface area contributed by atoms with Crippen LogP contribution in [0.15, 0.2) is 91.0 Å². The quantitative estimate of drug-likeness (QED) is 0.116. The summed E-state index contributed by atoms with van der Waals surface area (Å²) < 4.78 is 35.4. The van der Waals surface area contributed by atoms with Gasteiger partial charge in [0.15, 0.2) is 11.5 Å². The van der Waals surface area contributed by atoms with E-state index in [4.69, 9.17) is 28.4 Å². The lowest BCUT2D eigenvalue weighted by atomic mass is 9.80. The van der Waals surface area contributed by atoms with Crippen molar-refractivity contribution in [2.75, 3.05) is 48.3 Å². The fourth-order valence-electron chi connectivity index (χ4n) is 5.43. The van der Waals surface area contributed by atoms with Gasteiger partial charge in [-0.1, -0.05) is 91.0 Å². The minimum absolute atomic E-state index is 0.422. The Morgan fingerprint density at radius 3 is 1.39 bits per heavy atom. The number of hydrogen-bond donors (Lipinski definition) is 0. The minimum Gasteiger partial charge on any atom is -0.492 e. The van der Waals surface area contributed by atoms with E-state index in [0.29, 0.717) is 42.8 Å². The topological polar surface area (TPSA) is 55.4 Å². The van der Waals surface area contributed by atoms with E-state index in [9.17, 15) is 0 Å². The molecule has 6 heteroatoms. The van der Waals surface area contributed by atoms with Crippen LogP contribution in [0.3, 0.4) is 0 Å². The molecule has 0 aliphatic heterocycles. The second kappa shape index (κ2) is 14.6. The van der Waals surface area contributed by atoms with Gasteiger partial charge < -0.3 is 28.4 Å². The normalized spacial score (nSPS) is 11.2. The number of methoxy groups -OCH3 is 4. The Balaban J connectivity index is 1.46. The summed E-state index contributed by atoms with van der Waals surface area (Å²) in [7, 11) is 6.46. The number of hydrogen-bond acceptors (Lipinski definition) is 6. The third-order valence-electron chi connectivity index (χ3n) is 7.31. The molecule has 0 saturated heterocycles. The van der Waals surface area contributed by atoms with Crippen molar-refractivity contribution >= 4 is 0 Å². The highest BCUT2D eigenvalue weighted by atomic mass is 16.5. The van der Waals surface area contributed by atoms with Gasteiger partial charge in [-0.05, 0) is 36.5 Å². The summed E-state index contributed by atoms with van der Waals surface area (Å²) in [6.07, 6.45) is 1.52. The SMILES string of the molecule is COc1c(C)c(CCCOCCOC(c2ccccc2)(c2ccccc2)c2ccccc2)c(OC)c(OC)c1OC. The smallest absolute Gasteiger partial charge is 0.207 e. The Kier molecular flexibility index (Phi) is 10.7. The van der Waals surface area contributed by atoms with Gasteiger partial charge in [0.1, 0.15) is 5.60 Å². The maximum Gasteiger partial charge on any atom is 0.207 e. The molecule has 0 aliphatic carbocycles. The molecule has 0 spiro atoms. The Bertz CT molecular complexity index is 1260. The van der Waals surface area contributed by atoms with Gasteiger partial charge in [0, 0.05) is 17.7 Å². The molecule has 6 nitrogen and oxygen atoms in total. The van der Waals surface area contributed by atoms with Gasteiger partial charge in [-0.3, -0.25) is 0 Å². The molecule has 4 rings (SSSR count). The molecule has 0 atom stereocenters. The maximum atomic E-state index is 6.80. The average Bonchev–Trinajstić information content (AvgIpc) is 3.03. The third-order valence-corrected chi connectivity index (χ3v) is 7.31. The van der Waals surface area contributed by atoms with E-state index >= 15 is 0 Å². The predicted octanol–water partition coefficient (Wildman–Crippen LogP) is 6.99. The molecule has 41 heavy (non-hydrogen) atoms. The van der Waals surface area contributed by atoms with Crippen molar-refractivity contribution in [1.82, 2.24) is 0 Å². The molecule has 4 aromatic rings. The van der Waals surface area contributed by atoms with Crippen LogP contribution in [0, 0.1) is 6.92 Å². The van der Waals surface area contributed by atoms with Gasteiger partial charge in [-0.15, -0.1) is 0 Å². The van der Waals surface area contributed by atoms with Gasteiger partial charge in [0.05, 0.1) is 41.7 Å². The zero-order valence-electron chi connectivity index (χ0n) is 24.6. The Morgan fingerprint density at radius 2 is 0.951 bits per heavy atom.